The van der Waals surface area contributed by atoms with Crippen molar-refractivity contribution < 1.29 is 14.8 Å². The Morgan fingerprint density at radius 2 is 2.10 bits per heavy atom. The van der Waals surface area contributed by atoms with E-state index in [-0.39, 0.29) is 12.1 Å². The number of aromatic amines is 1. The van der Waals surface area contributed by atoms with Crippen LogP contribution in [0.25, 0.3) is 0 Å². The minimum atomic E-state index is -1.13. The molecule has 2 N–H and O–H groups in total. The number of rotatable bonds is 4. The molecule has 2 rings (SSSR count). The van der Waals surface area contributed by atoms with Crippen molar-refractivity contribution in [1.82, 2.24) is 9.55 Å². The summed E-state index contributed by atoms with van der Waals surface area (Å²) in [6.07, 6.45) is 0.828. The second kappa shape index (κ2) is 5.41. The highest BCUT2D eigenvalue weighted by atomic mass is 16.6. The zero-order valence-corrected chi connectivity index (χ0v) is 10.5. The molecule has 1 aromatic heterocycles. The first-order valence-corrected chi connectivity index (χ1v) is 5.69. The Bertz CT molecular complexity index is 835. The molecular weight excluding hydrogens is 282 g/mol. The van der Waals surface area contributed by atoms with Crippen LogP contribution in [0, 0.1) is 10.1 Å². The highest BCUT2D eigenvalue weighted by Gasteiger charge is 2.15. The van der Waals surface area contributed by atoms with Crippen LogP contribution in [0.3, 0.4) is 0 Å². The summed E-state index contributed by atoms with van der Waals surface area (Å²) in [7, 11) is 0. The van der Waals surface area contributed by atoms with Gasteiger partial charge < -0.3 is 5.11 Å². The second-order valence-electron chi connectivity index (χ2n) is 4.16. The zero-order valence-electron chi connectivity index (χ0n) is 10.5. The van der Waals surface area contributed by atoms with Gasteiger partial charge in [-0.15, -0.1) is 0 Å². The van der Waals surface area contributed by atoms with Gasteiger partial charge in [0.25, 0.3) is 0 Å². The molecule has 0 aliphatic carbocycles. The summed E-state index contributed by atoms with van der Waals surface area (Å²) >= 11 is 0. The molecule has 1 heterocycles. The van der Waals surface area contributed by atoms with E-state index in [0.717, 1.165) is 10.8 Å². The summed E-state index contributed by atoms with van der Waals surface area (Å²) in [6.45, 7) is -0.0996. The molecule has 0 amide bonds. The summed E-state index contributed by atoms with van der Waals surface area (Å²) in [5.74, 6) is -1.13. The van der Waals surface area contributed by atoms with Gasteiger partial charge in [0.2, 0.25) is 0 Å². The van der Waals surface area contributed by atoms with Gasteiger partial charge in [0.15, 0.2) is 0 Å². The normalized spacial score (nSPS) is 10.3. The number of carboxylic acid groups (broad SMARTS) is 1. The lowest BCUT2D eigenvalue weighted by molar-refractivity contribution is -0.386. The molecule has 0 spiro atoms. The Morgan fingerprint density at radius 3 is 2.71 bits per heavy atom. The fraction of sp³-hybridized carbons (Fsp3) is 0.0833. The van der Waals surface area contributed by atoms with Gasteiger partial charge in [0.05, 0.1) is 23.2 Å². The van der Waals surface area contributed by atoms with Crippen molar-refractivity contribution in [2.75, 3.05) is 0 Å². The highest BCUT2D eigenvalue weighted by molar-refractivity contribution is 5.87. The predicted molar refractivity (Wildman–Crippen MR) is 70.5 cm³/mol. The van der Waals surface area contributed by atoms with Crippen LogP contribution in [0.4, 0.5) is 5.69 Å². The number of H-pyrrole nitrogens is 1. The Kier molecular flexibility index (Phi) is 3.65. The molecule has 108 valence electrons. The van der Waals surface area contributed by atoms with Crippen molar-refractivity contribution in [2.24, 2.45) is 0 Å². The van der Waals surface area contributed by atoms with E-state index in [1.54, 1.807) is 6.07 Å². The third kappa shape index (κ3) is 3.03. The first-order chi connectivity index (χ1) is 9.88. The lowest BCUT2D eigenvalue weighted by Crippen LogP contribution is -2.31. The van der Waals surface area contributed by atoms with E-state index in [1.807, 2.05) is 4.98 Å². The largest absolute Gasteiger partial charge is 0.478 e. The average Bonchev–Trinajstić information content (AvgIpc) is 2.41. The molecule has 0 bridgehead atoms. The van der Waals surface area contributed by atoms with Gasteiger partial charge in [0, 0.05) is 0 Å². The molecule has 0 atom stereocenters. The number of aromatic nitrogens is 2. The second-order valence-corrected chi connectivity index (χ2v) is 4.16. The number of benzene rings is 1. The first-order valence-electron chi connectivity index (χ1n) is 5.69. The Balaban J connectivity index is 2.44. The summed E-state index contributed by atoms with van der Waals surface area (Å²) in [5, 5.41) is 19.6. The molecule has 9 heteroatoms. The molecule has 0 aliphatic heterocycles. The summed E-state index contributed by atoms with van der Waals surface area (Å²) in [4.78, 5) is 45.3. The Labute approximate surface area is 116 Å². The molecule has 0 unspecified atom stereocenters. The number of hydrogen-bond donors (Lipinski definition) is 2. The van der Waals surface area contributed by atoms with E-state index in [2.05, 4.69) is 0 Å². The maximum atomic E-state index is 11.6. The number of carbonyl (C=O) groups is 1. The smallest absolute Gasteiger partial charge is 0.350 e. The van der Waals surface area contributed by atoms with Crippen LogP contribution in [0.2, 0.25) is 0 Å². The fourth-order valence-corrected chi connectivity index (χ4v) is 1.74. The van der Waals surface area contributed by atoms with E-state index in [1.165, 1.54) is 18.2 Å². The van der Waals surface area contributed by atoms with E-state index < -0.39 is 27.8 Å². The van der Waals surface area contributed by atoms with E-state index >= 15 is 0 Å². The summed E-state index contributed by atoms with van der Waals surface area (Å²) in [6, 6.07) is 5.77. The van der Waals surface area contributed by atoms with Crippen LogP contribution >= 0.6 is 0 Å². The lowest BCUT2D eigenvalue weighted by Gasteiger charge is -2.05. The van der Waals surface area contributed by atoms with Gasteiger partial charge in [-0.05, 0) is 17.7 Å². The summed E-state index contributed by atoms with van der Waals surface area (Å²) < 4.78 is 0.931. The molecule has 0 saturated heterocycles. The van der Waals surface area contributed by atoms with E-state index in [0.29, 0.717) is 5.56 Å². The van der Waals surface area contributed by atoms with Crippen molar-refractivity contribution in [3.8, 4) is 0 Å². The van der Waals surface area contributed by atoms with Crippen LogP contribution in [0.1, 0.15) is 15.9 Å². The molecule has 0 radical (unpaired) electrons. The molecule has 0 saturated carbocycles. The molecular formula is C12H9N3O6. The predicted octanol–water partition coefficient (Wildman–Crippen LogP) is 0.191. The first kappa shape index (κ1) is 14.2. The number of carboxylic acids is 1. The Morgan fingerprint density at radius 1 is 1.38 bits per heavy atom. The molecule has 1 aromatic carbocycles. The number of nitrogens with one attached hydrogen (secondary N) is 1. The topological polar surface area (TPSA) is 135 Å². The molecule has 0 aliphatic rings. The SMILES string of the molecule is O=C(O)c1cccc(Cn2cc([N+](=O)[O-])c(=O)[nH]c2=O)c1. The Hall–Kier alpha value is -3.23. The third-order valence-electron chi connectivity index (χ3n) is 2.72. The standard InChI is InChI=1S/C12H9N3O6/c16-10-9(15(20)21)6-14(12(19)13-10)5-7-2-1-3-8(4-7)11(17)18/h1-4,6H,5H2,(H,17,18)(H,13,16,19). The minimum absolute atomic E-state index is 0.0273. The van der Waals surface area contributed by atoms with Crippen molar-refractivity contribution in [3.63, 3.8) is 0 Å². The van der Waals surface area contributed by atoms with Gasteiger partial charge in [-0.3, -0.25) is 24.5 Å². The fourth-order valence-electron chi connectivity index (χ4n) is 1.74. The van der Waals surface area contributed by atoms with Crippen molar-refractivity contribution in [1.29, 1.82) is 0 Å². The zero-order chi connectivity index (χ0) is 15.6. The van der Waals surface area contributed by atoms with Crippen LogP contribution in [-0.4, -0.2) is 25.6 Å². The third-order valence-corrected chi connectivity index (χ3v) is 2.72. The minimum Gasteiger partial charge on any atom is -0.478 e. The summed E-state index contributed by atoms with van der Waals surface area (Å²) in [5.41, 5.74) is -2.17. The van der Waals surface area contributed by atoms with Gasteiger partial charge in [-0.25, -0.2) is 9.59 Å². The molecule has 2 aromatic rings. The number of hydrogen-bond acceptors (Lipinski definition) is 5. The van der Waals surface area contributed by atoms with Gasteiger partial charge in [-0.1, -0.05) is 12.1 Å². The average molecular weight is 291 g/mol. The molecule has 21 heavy (non-hydrogen) atoms. The van der Waals surface area contributed by atoms with Gasteiger partial charge in [-0.2, -0.15) is 0 Å². The maximum absolute atomic E-state index is 11.6. The van der Waals surface area contributed by atoms with Crippen LogP contribution in [0.15, 0.2) is 40.1 Å². The highest BCUT2D eigenvalue weighted by Crippen LogP contribution is 2.07. The van der Waals surface area contributed by atoms with Gasteiger partial charge in [0.1, 0.15) is 0 Å². The number of nitrogens with zero attached hydrogens (tertiary/aromatic N) is 2. The number of aromatic carboxylic acids is 1. The molecule has 0 fully saturated rings. The molecule has 9 nitrogen and oxygen atoms in total. The number of nitro groups is 1. The maximum Gasteiger partial charge on any atom is 0.350 e. The van der Waals surface area contributed by atoms with Crippen molar-refractivity contribution in [3.05, 3.63) is 72.5 Å². The van der Waals surface area contributed by atoms with Crippen LogP contribution in [-0.2, 0) is 6.54 Å². The van der Waals surface area contributed by atoms with Crippen molar-refractivity contribution >= 4 is 11.7 Å². The van der Waals surface area contributed by atoms with E-state index in [4.69, 9.17) is 5.11 Å². The monoisotopic (exact) mass is 291 g/mol. The van der Waals surface area contributed by atoms with Crippen LogP contribution < -0.4 is 11.2 Å². The van der Waals surface area contributed by atoms with Crippen LogP contribution in [0.5, 0.6) is 0 Å². The lowest BCUT2D eigenvalue weighted by atomic mass is 10.1. The van der Waals surface area contributed by atoms with Gasteiger partial charge >= 0.3 is 22.9 Å². The quantitative estimate of drug-likeness (QED) is 0.609. The van der Waals surface area contributed by atoms with Crippen molar-refractivity contribution in [2.45, 2.75) is 6.54 Å². The van der Waals surface area contributed by atoms with E-state index in [9.17, 15) is 24.5 Å².